The fourth-order valence-corrected chi connectivity index (χ4v) is 3.65. The third-order valence-corrected chi connectivity index (χ3v) is 5.27. The number of anilines is 1. The van der Waals surface area contributed by atoms with Crippen LogP contribution in [0, 0.1) is 5.82 Å². The van der Waals surface area contributed by atoms with E-state index in [1.165, 1.54) is 12.1 Å². The lowest BCUT2D eigenvalue weighted by Crippen LogP contribution is -2.31. The van der Waals surface area contributed by atoms with Crippen molar-refractivity contribution in [3.63, 3.8) is 0 Å². The number of nitrogens with one attached hydrogen (secondary N) is 2. The van der Waals surface area contributed by atoms with E-state index in [0.29, 0.717) is 54.7 Å². The number of fused-ring (bicyclic) bond motifs is 1. The largest absolute Gasteiger partial charge is 0.481 e. The first-order valence-corrected chi connectivity index (χ1v) is 11.7. The van der Waals surface area contributed by atoms with Gasteiger partial charge in [0.15, 0.2) is 29.0 Å². The number of aromatic nitrogens is 4. The summed E-state index contributed by atoms with van der Waals surface area (Å²) in [5.74, 6) is -0.106. The molecule has 0 radical (unpaired) electrons. The highest BCUT2D eigenvalue weighted by atomic mass is 32.2. The number of benzene rings is 1. The second-order valence-corrected chi connectivity index (χ2v) is 8.86. The average Bonchev–Trinajstić information content (AvgIpc) is 3.18. The van der Waals surface area contributed by atoms with E-state index >= 15 is 0 Å². The molecule has 3 aromatic rings. The van der Waals surface area contributed by atoms with Gasteiger partial charge in [-0.05, 0) is 19.1 Å². The number of thioether (sulfide) groups is 1. The Labute approximate surface area is 196 Å². The molecule has 0 atom stereocenters. The molecule has 2 N–H and O–H groups in total. The van der Waals surface area contributed by atoms with E-state index in [0.717, 1.165) is 5.39 Å². The molecule has 11 heteroatoms. The van der Waals surface area contributed by atoms with Crippen LogP contribution in [0.25, 0.3) is 11.0 Å². The molecule has 178 valence electrons. The Kier molecular flexibility index (Phi) is 9.25. The SMILES string of the molecule is CCOCCNc1nc(SC(C)C)nc2c1cnn2CCNC(=O)COc1ccccc1F. The summed E-state index contributed by atoms with van der Waals surface area (Å²) in [6.07, 6.45) is 1.71. The fraction of sp³-hybridized carbons (Fsp3) is 0.455. The lowest BCUT2D eigenvalue weighted by atomic mass is 10.3. The monoisotopic (exact) mass is 476 g/mol. The highest BCUT2D eigenvalue weighted by Crippen LogP contribution is 2.26. The van der Waals surface area contributed by atoms with Gasteiger partial charge in [0.1, 0.15) is 5.82 Å². The predicted octanol–water partition coefficient (Wildman–Crippen LogP) is 3.11. The number of nitrogens with zero attached hydrogens (tertiary/aromatic N) is 4. The zero-order valence-corrected chi connectivity index (χ0v) is 19.8. The Morgan fingerprint density at radius 1 is 1.24 bits per heavy atom. The molecular weight excluding hydrogens is 447 g/mol. The summed E-state index contributed by atoms with van der Waals surface area (Å²) in [7, 11) is 0. The van der Waals surface area contributed by atoms with Gasteiger partial charge in [-0.15, -0.1) is 0 Å². The Bertz CT molecular complexity index is 1060. The maximum absolute atomic E-state index is 13.6. The smallest absolute Gasteiger partial charge is 0.258 e. The van der Waals surface area contributed by atoms with Gasteiger partial charge in [0.05, 0.1) is 24.7 Å². The quantitative estimate of drug-likeness (QED) is 0.220. The number of para-hydroxylation sites is 1. The standard InChI is InChI=1S/C22H29FN6O3S/c1-4-31-12-10-25-20-16-13-26-29(21(16)28-22(27-20)33-15(2)3)11-9-24-19(30)14-32-18-8-6-5-7-17(18)23/h5-8,13,15H,4,9-12,14H2,1-3H3,(H,24,30)(H,25,27,28). The number of ether oxygens (including phenoxy) is 2. The minimum atomic E-state index is -0.506. The molecular formula is C22H29FN6O3S. The van der Waals surface area contributed by atoms with Crippen LogP contribution in [-0.4, -0.2) is 63.8 Å². The van der Waals surface area contributed by atoms with E-state index in [4.69, 9.17) is 9.47 Å². The lowest BCUT2D eigenvalue weighted by Gasteiger charge is -2.11. The molecule has 9 nitrogen and oxygen atoms in total. The van der Waals surface area contributed by atoms with Crippen LogP contribution in [0.4, 0.5) is 10.2 Å². The molecule has 1 aromatic carbocycles. The highest BCUT2D eigenvalue weighted by Gasteiger charge is 2.14. The molecule has 0 saturated carbocycles. The van der Waals surface area contributed by atoms with Crippen molar-refractivity contribution in [2.24, 2.45) is 0 Å². The fourth-order valence-electron chi connectivity index (χ4n) is 2.94. The lowest BCUT2D eigenvalue weighted by molar-refractivity contribution is -0.123. The number of hydrogen-bond acceptors (Lipinski definition) is 8. The molecule has 2 heterocycles. The number of carbonyl (C=O) groups is 1. The second-order valence-electron chi connectivity index (χ2n) is 7.32. The normalized spacial score (nSPS) is 11.2. The van der Waals surface area contributed by atoms with Crippen LogP contribution in [0.3, 0.4) is 0 Å². The molecule has 0 aliphatic heterocycles. The van der Waals surface area contributed by atoms with Crippen LogP contribution < -0.4 is 15.4 Å². The van der Waals surface area contributed by atoms with Crippen LogP contribution >= 0.6 is 11.8 Å². The minimum absolute atomic E-state index is 0.0435. The summed E-state index contributed by atoms with van der Waals surface area (Å²) in [6, 6.07) is 5.96. The van der Waals surface area contributed by atoms with Crippen molar-refractivity contribution in [3.05, 3.63) is 36.3 Å². The van der Waals surface area contributed by atoms with E-state index in [1.54, 1.807) is 34.8 Å². The number of amides is 1. The summed E-state index contributed by atoms with van der Waals surface area (Å²) in [6.45, 7) is 8.42. The average molecular weight is 477 g/mol. The Balaban J connectivity index is 1.62. The summed E-state index contributed by atoms with van der Waals surface area (Å²) in [5.41, 5.74) is 0.684. The third-order valence-electron chi connectivity index (χ3n) is 4.40. The van der Waals surface area contributed by atoms with Crippen LogP contribution in [-0.2, 0) is 16.1 Å². The molecule has 1 amide bonds. The van der Waals surface area contributed by atoms with Crippen molar-refractivity contribution in [1.29, 1.82) is 0 Å². The Morgan fingerprint density at radius 2 is 2.06 bits per heavy atom. The number of hydrogen-bond donors (Lipinski definition) is 2. The number of carbonyl (C=O) groups excluding carboxylic acids is 1. The molecule has 0 bridgehead atoms. The Morgan fingerprint density at radius 3 is 2.82 bits per heavy atom. The van der Waals surface area contributed by atoms with Gasteiger partial charge in [-0.1, -0.05) is 37.7 Å². The van der Waals surface area contributed by atoms with Gasteiger partial charge in [0, 0.05) is 24.9 Å². The van der Waals surface area contributed by atoms with Crippen molar-refractivity contribution in [2.45, 2.75) is 37.7 Å². The van der Waals surface area contributed by atoms with Crippen molar-refractivity contribution in [1.82, 2.24) is 25.1 Å². The second kappa shape index (κ2) is 12.4. The molecule has 33 heavy (non-hydrogen) atoms. The van der Waals surface area contributed by atoms with Gasteiger partial charge >= 0.3 is 0 Å². The van der Waals surface area contributed by atoms with Crippen molar-refractivity contribution in [2.75, 3.05) is 38.2 Å². The van der Waals surface area contributed by atoms with Gasteiger partial charge in [-0.25, -0.2) is 19.0 Å². The molecule has 0 aliphatic carbocycles. The maximum atomic E-state index is 13.6. The zero-order chi connectivity index (χ0) is 23.6. The van der Waals surface area contributed by atoms with E-state index in [9.17, 15) is 9.18 Å². The molecule has 0 unspecified atom stereocenters. The van der Waals surface area contributed by atoms with Crippen LogP contribution in [0.5, 0.6) is 5.75 Å². The summed E-state index contributed by atoms with van der Waals surface area (Å²) in [4.78, 5) is 21.4. The van der Waals surface area contributed by atoms with Crippen LogP contribution in [0.15, 0.2) is 35.6 Å². The molecule has 3 rings (SSSR count). The predicted molar refractivity (Wildman–Crippen MR) is 126 cm³/mol. The van der Waals surface area contributed by atoms with Gasteiger partial charge in [-0.2, -0.15) is 5.10 Å². The van der Waals surface area contributed by atoms with Crippen LogP contribution in [0.1, 0.15) is 20.8 Å². The topological polar surface area (TPSA) is 103 Å². The van der Waals surface area contributed by atoms with Gasteiger partial charge < -0.3 is 20.1 Å². The van der Waals surface area contributed by atoms with Crippen LogP contribution in [0.2, 0.25) is 0 Å². The first-order valence-electron chi connectivity index (χ1n) is 10.8. The first-order chi connectivity index (χ1) is 16.0. The van der Waals surface area contributed by atoms with E-state index < -0.39 is 5.82 Å². The van der Waals surface area contributed by atoms with E-state index in [2.05, 4.69) is 39.5 Å². The van der Waals surface area contributed by atoms with Crippen molar-refractivity contribution >= 4 is 34.5 Å². The first kappa shape index (κ1) is 24.7. The molecule has 0 fully saturated rings. The van der Waals surface area contributed by atoms with Crippen molar-refractivity contribution in [3.8, 4) is 5.75 Å². The molecule has 0 aliphatic rings. The summed E-state index contributed by atoms with van der Waals surface area (Å²) in [5, 5.41) is 12.3. The van der Waals surface area contributed by atoms with Gasteiger partial charge in [-0.3, -0.25) is 4.79 Å². The third kappa shape index (κ3) is 7.29. The minimum Gasteiger partial charge on any atom is -0.481 e. The number of rotatable bonds is 13. The Hall–Kier alpha value is -2.92. The van der Waals surface area contributed by atoms with E-state index in [1.807, 2.05) is 6.92 Å². The molecule has 2 aromatic heterocycles. The highest BCUT2D eigenvalue weighted by molar-refractivity contribution is 7.99. The molecule has 0 spiro atoms. The maximum Gasteiger partial charge on any atom is 0.258 e. The molecule has 0 saturated heterocycles. The van der Waals surface area contributed by atoms with E-state index in [-0.39, 0.29) is 18.3 Å². The van der Waals surface area contributed by atoms with Crippen molar-refractivity contribution < 1.29 is 18.7 Å². The summed E-state index contributed by atoms with van der Waals surface area (Å²) < 4.78 is 25.9. The number of halogens is 1. The van der Waals surface area contributed by atoms with Gasteiger partial charge in [0.2, 0.25) is 0 Å². The zero-order valence-electron chi connectivity index (χ0n) is 19.0. The van der Waals surface area contributed by atoms with Gasteiger partial charge in [0.25, 0.3) is 5.91 Å². The summed E-state index contributed by atoms with van der Waals surface area (Å²) >= 11 is 1.57.